The smallest absolute Gasteiger partial charge is 0.137 e. The second-order valence-electron chi connectivity index (χ2n) is 6.37. The lowest BCUT2D eigenvalue weighted by Gasteiger charge is -2.35. The minimum absolute atomic E-state index is 0.355. The molecule has 4 heteroatoms. The fourth-order valence-electron chi connectivity index (χ4n) is 3.35. The molecular formula is C16H29N3O. The molecule has 1 aliphatic heterocycles. The Morgan fingerprint density at radius 3 is 2.65 bits per heavy atom. The van der Waals surface area contributed by atoms with Gasteiger partial charge >= 0.3 is 0 Å². The van der Waals surface area contributed by atoms with Crippen molar-refractivity contribution in [1.29, 1.82) is 0 Å². The second-order valence-corrected chi connectivity index (χ2v) is 6.37. The van der Waals surface area contributed by atoms with E-state index in [2.05, 4.69) is 23.7 Å². The molecule has 2 heterocycles. The molecule has 0 spiro atoms. The van der Waals surface area contributed by atoms with Crippen LogP contribution in [-0.2, 0) is 7.05 Å². The summed E-state index contributed by atoms with van der Waals surface area (Å²) in [5.41, 5.74) is 0. The van der Waals surface area contributed by atoms with Crippen molar-refractivity contribution >= 4 is 0 Å². The monoisotopic (exact) mass is 279 g/mol. The number of aromatic nitrogens is 2. The third-order valence-corrected chi connectivity index (χ3v) is 4.55. The van der Waals surface area contributed by atoms with Crippen molar-refractivity contribution in [3.63, 3.8) is 0 Å². The lowest BCUT2D eigenvalue weighted by molar-refractivity contribution is 0.0473. The quantitative estimate of drug-likeness (QED) is 0.870. The van der Waals surface area contributed by atoms with Crippen LogP contribution in [0.1, 0.15) is 51.5 Å². The van der Waals surface area contributed by atoms with Crippen molar-refractivity contribution in [1.82, 2.24) is 14.5 Å². The van der Waals surface area contributed by atoms with Gasteiger partial charge in [0, 0.05) is 26.0 Å². The van der Waals surface area contributed by atoms with Crippen LogP contribution >= 0.6 is 0 Å². The van der Waals surface area contributed by atoms with Crippen molar-refractivity contribution < 1.29 is 5.11 Å². The van der Waals surface area contributed by atoms with Crippen LogP contribution in [0.25, 0.3) is 0 Å². The molecule has 114 valence electrons. The van der Waals surface area contributed by atoms with Gasteiger partial charge < -0.3 is 14.6 Å². The zero-order valence-corrected chi connectivity index (χ0v) is 13.1. The summed E-state index contributed by atoms with van der Waals surface area (Å²) in [6, 6.07) is 0. The lowest BCUT2D eigenvalue weighted by atomic mass is 9.90. The molecule has 1 N–H and O–H groups in total. The van der Waals surface area contributed by atoms with E-state index in [0.29, 0.717) is 5.92 Å². The zero-order chi connectivity index (χ0) is 14.5. The Hall–Kier alpha value is -0.870. The van der Waals surface area contributed by atoms with Crippen LogP contribution < -0.4 is 0 Å². The molecule has 20 heavy (non-hydrogen) atoms. The topological polar surface area (TPSA) is 41.3 Å². The normalized spacial score (nSPS) is 21.0. The maximum absolute atomic E-state index is 10.5. The Balaban J connectivity index is 1.81. The summed E-state index contributed by atoms with van der Waals surface area (Å²) in [7, 11) is 1.95. The van der Waals surface area contributed by atoms with Gasteiger partial charge in [-0.05, 0) is 44.2 Å². The Bertz CT molecular complexity index is 396. The minimum atomic E-state index is -0.412. The summed E-state index contributed by atoms with van der Waals surface area (Å²) in [6.07, 6.45) is 8.00. The van der Waals surface area contributed by atoms with Gasteiger partial charge in [-0.25, -0.2) is 4.98 Å². The van der Waals surface area contributed by atoms with Gasteiger partial charge in [0.25, 0.3) is 0 Å². The molecule has 1 aliphatic rings. The molecule has 0 radical (unpaired) electrons. The number of rotatable bonds is 6. The third kappa shape index (κ3) is 3.83. The molecule has 4 nitrogen and oxygen atoms in total. The van der Waals surface area contributed by atoms with Crippen LogP contribution in [0, 0.1) is 11.8 Å². The molecular weight excluding hydrogens is 250 g/mol. The van der Waals surface area contributed by atoms with E-state index in [1.54, 1.807) is 6.20 Å². The molecule has 0 saturated carbocycles. The summed E-state index contributed by atoms with van der Waals surface area (Å²) < 4.78 is 1.93. The van der Waals surface area contributed by atoms with E-state index in [0.717, 1.165) is 37.7 Å². The van der Waals surface area contributed by atoms with Crippen LogP contribution in [0.5, 0.6) is 0 Å². The molecule has 1 aromatic heterocycles. The number of hydrogen-bond acceptors (Lipinski definition) is 3. The van der Waals surface area contributed by atoms with Gasteiger partial charge in [0.05, 0.1) is 0 Å². The van der Waals surface area contributed by atoms with Gasteiger partial charge in [0.1, 0.15) is 11.9 Å². The summed E-state index contributed by atoms with van der Waals surface area (Å²) in [4.78, 5) is 6.84. The maximum atomic E-state index is 10.5. The first kappa shape index (κ1) is 15.5. The highest BCUT2D eigenvalue weighted by Crippen LogP contribution is 2.30. The fraction of sp³-hybridized carbons (Fsp3) is 0.812. The van der Waals surface area contributed by atoms with Gasteiger partial charge in [0.2, 0.25) is 0 Å². The van der Waals surface area contributed by atoms with Gasteiger partial charge in [-0.15, -0.1) is 0 Å². The van der Waals surface area contributed by atoms with Crippen LogP contribution in [0.15, 0.2) is 12.4 Å². The second kappa shape index (κ2) is 7.23. The number of nitrogens with zero attached hydrogens (tertiary/aromatic N) is 3. The minimum Gasteiger partial charge on any atom is -0.385 e. The molecule has 0 aliphatic carbocycles. The number of aryl methyl sites for hydroxylation is 1. The number of likely N-dealkylation sites (tertiary alicyclic amines) is 1. The first-order valence-corrected chi connectivity index (χ1v) is 7.99. The zero-order valence-electron chi connectivity index (χ0n) is 13.1. The predicted molar refractivity (Wildman–Crippen MR) is 81.4 cm³/mol. The van der Waals surface area contributed by atoms with Crippen LogP contribution in [0.2, 0.25) is 0 Å². The van der Waals surface area contributed by atoms with Crippen LogP contribution in [-0.4, -0.2) is 39.2 Å². The largest absolute Gasteiger partial charge is 0.385 e. The van der Waals surface area contributed by atoms with Crippen molar-refractivity contribution in [3.05, 3.63) is 18.2 Å². The molecule has 0 amide bonds. The molecule has 2 atom stereocenters. The molecule has 0 bridgehead atoms. The van der Waals surface area contributed by atoms with Crippen molar-refractivity contribution in [2.75, 3.05) is 19.6 Å². The Morgan fingerprint density at radius 2 is 2.10 bits per heavy atom. The molecule has 1 fully saturated rings. The molecule has 1 saturated heterocycles. The number of aliphatic hydroxyl groups excluding tert-OH is 1. The first-order valence-electron chi connectivity index (χ1n) is 7.99. The summed E-state index contributed by atoms with van der Waals surface area (Å²) in [5, 5.41) is 10.5. The number of piperidine rings is 1. The third-order valence-electron chi connectivity index (χ3n) is 4.55. The fourth-order valence-corrected chi connectivity index (χ4v) is 3.35. The van der Waals surface area contributed by atoms with Crippen LogP contribution in [0.3, 0.4) is 0 Å². The van der Waals surface area contributed by atoms with Gasteiger partial charge in [-0.3, -0.25) is 0 Å². The van der Waals surface area contributed by atoms with E-state index < -0.39 is 6.10 Å². The van der Waals surface area contributed by atoms with E-state index in [1.165, 1.54) is 19.4 Å². The number of imidazole rings is 1. The Morgan fingerprint density at radius 1 is 1.40 bits per heavy atom. The number of hydrogen-bond donors (Lipinski definition) is 1. The Labute approximate surface area is 122 Å². The predicted octanol–water partition coefficient (Wildman–Crippen LogP) is 2.60. The van der Waals surface area contributed by atoms with Crippen LogP contribution in [0.4, 0.5) is 0 Å². The highest BCUT2D eigenvalue weighted by molar-refractivity contribution is 4.98. The van der Waals surface area contributed by atoms with E-state index in [1.807, 2.05) is 17.8 Å². The van der Waals surface area contributed by atoms with Gasteiger partial charge in [0.15, 0.2) is 0 Å². The average Bonchev–Trinajstić information content (AvgIpc) is 2.85. The van der Waals surface area contributed by atoms with E-state index in [-0.39, 0.29) is 0 Å². The van der Waals surface area contributed by atoms with E-state index in [9.17, 15) is 5.11 Å². The van der Waals surface area contributed by atoms with E-state index >= 15 is 0 Å². The summed E-state index contributed by atoms with van der Waals surface area (Å²) >= 11 is 0. The first-order chi connectivity index (χ1) is 9.61. The number of aliphatic hydroxyl groups is 1. The standard InChI is InChI=1S/C16H29N3O/c1-4-5-13(2)12-19-9-6-14(7-10-19)15(20)16-17-8-11-18(16)3/h8,11,13-15,20H,4-7,9-10,12H2,1-3H3. The van der Waals surface area contributed by atoms with Crippen molar-refractivity contribution in [2.24, 2.45) is 18.9 Å². The van der Waals surface area contributed by atoms with Crippen molar-refractivity contribution in [3.8, 4) is 0 Å². The maximum Gasteiger partial charge on any atom is 0.137 e. The molecule has 2 unspecified atom stereocenters. The van der Waals surface area contributed by atoms with Gasteiger partial charge in [-0.2, -0.15) is 0 Å². The highest BCUT2D eigenvalue weighted by Gasteiger charge is 2.28. The SMILES string of the molecule is CCCC(C)CN1CCC(C(O)c2nccn2C)CC1. The average molecular weight is 279 g/mol. The summed E-state index contributed by atoms with van der Waals surface area (Å²) in [5.74, 6) is 1.95. The molecule has 2 rings (SSSR count). The molecule has 0 aromatic carbocycles. The highest BCUT2D eigenvalue weighted by atomic mass is 16.3. The van der Waals surface area contributed by atoms with E-state index in [4.69, 9.17) is 0 Å². The van der Waals surface area contributed by atoms with Crippen molar-refractivity contribution in [2.45, 2.75) is 45.6 Å². The molecule has 1 aromatic rings. The Kier molecular flexibility index (Phi) is 5.61. The van der Waals surface area contributed by atoms with Gasteiger partial charge in [-0.1, -0.05) is 20.3 Å². The summed E-state index contributed by atoms with van der Waals surface area (Å²) in [6.45, 7) is 8.03. The lowest BCUT2D eigenvalue weighted by Crippen LogP contribution is -2.38.